The molecule has 2 nitrogen and oxygen atoms in total. The third kappa shape index (κ3) is 4.76. The van der Waals surface area contributed by atoms with E-state index in [4.69, 9.17) is 0 Å². The number of thiazole rings is 1. The van der Waals surface area contributed by atoms with Crippen LogP contribution in [0.4, 0.5) is 0 Å². The molecule has 1 N–H and O–H groups in total. The summed E-state index contributed by atoms with van der Waals surface area (Å²) in [5.74, 6) is 0.819. The SMILES string of the molecule is Cc1nc(C)c(CNCCCC(C)C)s1. The fraction of sp³-hybridized carbons (Fsp3) is 0.750. The van der Waals surface area contributed by atoms with Gasteiger partial charge in [0.25, 0.3) is 0 Å². The first kappa shape index (κ1) is 12.7. The predicted octanol–water partition coefficient (Wildman–Crippen LogP) is 3.29. The molecule has 0 radical (unpaired) electrons. The highest BCUT2D eigenvalue weighted by atomic mass is 32.1. The number of aryl methyl sites for hydroxylation is 2. The number of hydrogen-bond donors (Lipinski definition) is 1. The lowest BCUT2D eigenvalue weighted by Crippen LogP contribution is -2.15. The van der Waals surface area contributed by atoms with Crippen LogP contribution in [0.25, 0.3) is 0 Å². The molecule has 0 saturated heterocycles. The highest BCUT2D eigenvalue weighted by Gasteiger charge is 2.03. The summed E-state index contributed by atoms with van der Waals surface area (Å²) >= 11 is 1.81. The van der Waals surface area contributed by atoms with Crippen molar-refractivity contribution in [2.45, 2.75) is 47.1 Å². The van der Waals surface area contributed by atoms with Crippen molar-refractivity contribution in [1.82, 2.24) is 10.3 Å². The second-order valence-electron chi connectivity index (χ2n) is 4.45. The largest absolute Gasteiger partial charge is 0.312 e. The summed E-state index contributed by atoms with van der Waals surface area (Å²) in [6, 6.07) is 0. The summed E-state index contributed by atoms with van der Waals surface area (Å²) < 4.78 is 0. The minimum Gasteiger partial charge on any atom is -0.312 e. The summed E-state index contributed by atoms with van der Waals surface area (Å²) in [6.07, 6.45) is 2.59. The minimum atomic E-state index is 0.819. The Labute approximate surface area is 97.1 Å². The molecule has 0 saturated carbocycles. The van der Waals surface area contributed by atoms with Crippen molar-refractivity contribution in [3.05, 3.63) is 15.6 Å². The van der Waals surface area contributed by atoms with Crippen LogP contribution in [-0.2, 0) is 6.54 Å². The molecule has 0 amide bonds. The zero-order valence-corrected chi connectivity index (χ0v) is 11.1. The van der Waals surface area contributed by atoms with Gasteiger partial charge in [-0.05, 0) is 39.2 Å². The topological polar surface area (TPSA) is 24.9 Å². The summed E-state index contributed by atoms with van der Waals surface area (Å²) in [6.45, 7) is 10.8. The third-order valence-corrected chi connectivity index (χ3v) is 3.49. The average Bonchev–Trinajstić information content (AvgIpc) is 2.44. The standard InChI is InChI=1S/C12H22N2S/c1-9(2)6-5-7-13-8-12-10(3)14-11(4)15-12/h9,13H,5-8H2,1-4H3. The Balaban J connectivity index is 2.17. The van der Waals surface area contributed by atoms with Crippen LogP contribution in [0.1, 0.15) is 42.3 Å². The van der Waals surface area contributed by atoms with E-state index in [1.54, 1.807) is 11.3 Å². The van der Waals surface area contributed by atoms with Gasteiger partial charge in [-0.1, -0.05) is 13.8 Å². The van der Waals surface area contributed by atoms with Crippen molar-refractivity contribution in [3.8, 4) is 0 Å². The summed E-state index contributed by atoms with van der Waals surface area (Å²) in [5.41, 5.74) is 1.19. The highest BCUT2D eigenvalue weighted by Crippen LogP contribution is 2.16. The highest BCUT2D eigenvalue weighted by molar-refractivity contribution is 7.11. The Kier molecular flexibility index (Phi) is 5.26. The van der Waals surface area contributed by atoms with E-state index in [0.717, 1.165) is 19.0 Å². The van der Waals surface area contributed by atoms with Crippen molar-refractivity contribution < 1.29 is 0 Å². The van der Waals surface area contributed by atoms with Crippen molar-refractivity contribution in [1.29, 1.82) is 0 Å². The number of aromatic nitrogens is 1. The summed E-state index contributed by atoms with van der Waals surface area (Å²) in [5, 5.41) is 4.65. The molecule has 0 aliphatic rings. The molecular formula is C12H22N2S. The Hall–Kier alpha value is -0.410. The van der Waals surface area contributed by atoms with Gasteiger partial charge in [-0.2, -0.15) is 0 Å². The van der Waals surface area contributed by atoms with E-state index in [0.29, 0.717) is 0 Å². The monoisotopic (exact) mass is 226 g/mol. The molecular weight excluding hydrogens is 204 g/mol. The van der Waals surface area contributed by atoms with Crippen LogP contribution in [-0.4, -0.2) is 11.5 Å². The Bertz CT molecular complexity index is 292. The van der Waals surface area contributed by atoms with Gasteiger partial charge in [-0.25, -0.2) is 4.98 Å². The van der Waals surface area contributed by atoms with E-state index < -0.39 is 0 Å². The summed E-state index contributed by atoms with van der Waals surface area (Å²) in [7, 11) is 0. The first-order chi connectivity index (χ1) is 7.09. The number of nitrogens with one attached hydrogen (secondary N) is 1. The number of hydrogen-bond acceptors (Lipinski definition) is 3. The van der Waals surface area contributed by atoms with Crippen LogP contribution in [0.5, 0.6) is 0 Å². The summed E-state index contributed by atoms with van der Waals surface area (Å²) in [4.78, 5) is 5.80. The average molecular weight is 226 g/mol. The Morgan fingerprint density at radius 1 is 1.33 bits per heavy atom. The second kappa shape index (κ2) is 6.23. The molecule has 0 atom stereocenters. The molecule has 3 heteroatoms. The van der Waals surface area contributed by atoms with Gasteiger partial charge in [0, 0.05) is 11.4 Å². The van der Waals surface area contributed by atoms with E-state index in [-0.39, 0.29) is 0 Å². The smallest absolute Gasteiger partial charge is 0.0900 e. The van der Waals surface area contributed by atoms with Gasteiger partial charge in [0.1, 0.15) is 0 Å². The van der Waals surface area contributed by atoms with Crippen LogP contribution in [0, 0.1) is 19.8 Å². The molecule has 0 fully saturated rings. The molecule has 1 heterocycles. The Morgan fingerprint density at radius 3 is 2.60 bits per heavy atom. The minimum absolute atomic E-state index is 0.819. The van der Waals surface area contributed by atoms with E-state index in [2.05, 4.69) is 38.0 Å². The molecule has 86 valence electrons. The van der Waals surface area contributed by atoms with Gasteiger partial charge in [0.05, 0.1) is 10.7 Å². The van der Waals surface area contributed by atoms with E-state index >= 15 is 0 Å². The molecule has 0 aliphatic heterocycles. The molecule has 1 aromatic heterocycles. The van der Waals surface area contributed by atoms with Crippen molar-refractivity contribution in [3.63, 3.8) is 0 Å². The quantitative estimate of drug-likeness (QED) is 0.753. The van der Waals surface area contributed by atoms with Gasteiger partial charge in [-0.15, -0.1) is 11.3 Å². The lowest BCUT2D eigenvalue weighted by Gasteiger charge is -2.05. The number of rotatable bonds is 6. The number of nitrogens with zero attached hydrogens (tertiary/aromatic N) is 1. The zero-order chi connectivity index (χ0) is 11.3. The van der Waals surface area contributed by atoms with Gasteiger partial charge >= 0.3 is 0 Å². The lowest BCUT2D eigenvalue weighted by molar-refractivity contribution is 0.528. The maximum absolute atomic E-state index is 4.42. The molecule has 15 heavy (non-hydrogen) atoms. The van der Waals surface area contributed by atoms with Crippen molar-refractivity contribution in [2.75, 3.05) is 6.54 Å². The molecule has 1 aromatic rings. The van der Waals surface area contributed by atoms with E-state index in [1.807, 2.05) is 0 Å². The molecule has 0 aromatic carbocycles. The second-order valence-corrected chi connectivity index (χ2v) is 5.74. The zero-order valence-electron chi connectivity index (χ0n) is 10.3. The van der Waals surface area contributed by atoms with Crippen molar-refractivity contribution in [2.24, 2.45) is 5.92 Å². The van der Waals surface area contributed by atoms with Crippen LogP contribution in [0.2, 0.25) is 0 Å². The molecule has 0 spiro atoms. The van der Waals surface area contributed by atoms with Crippen LogP contribution < -0.4 is 5.32 Å². The predicted molar refractivity (Wildman–Crippen MR) is 67.4 cm³/mol. The Morgan fingerprint density at radius 2 is 2.07 bits per heavy atom. The lowest BCUT2D eigenvalue weighted by atomic mass is 10.1. The normalized spacial score (nSPS) is 11.3. The molecule has 0 aliphatic carbocycles. The molecule has 1 rings (SSSR count). The van der Waals surface area contributed by atoms with Gasteiger partial charge in [-0.3, -0.25) is 0 Å². The first-order valence-corrected chi connectivity index (χ1v) is 6.55. The third-order valence-electron chi connectivity index (χ3n) is 2.42. The molecule has 0 bridgehead atoms. The maximum Gasteiger partial charge on any atom is 0.0900 e. The van der Waals surface area contributed by atoms with Crippen molar-refractivity contribution >= 4 is 11.3 Å². The van der Waals surface area contributed by atoms with E-state index in [1.165, 1.54) is 28.4 Å². The van der Waals surface area contributed by atoms with Gasteiger partial charge in [0.2, 0.25) is 0 Å². The van der Waals surface area contributed by atoms with Gasteiger partial charge in [0.15, 0.2) is 0 Å². The van der Waals surface area contributed by atoms with Gasteiger partial charge < -0.3 is 5.32 Å². The van der Waals surface area contributed by atoms with Crippen LogP contribution in [0.3, 0.4) is 0 Å². The van der Waals surface area contributed by atoms with Crippen LogP contribution >= 0.6 is 11.3 Å². The van der Waals surface area contributed by atoms with Crippen LogP contribution in [0.15, 0.2) is 0 Å². The maximum atomic E-state index is 4.42. The fourth-order valence-corrected chi connectivity index (χ4v) is 2.48. The molecule has 0 unspecified atom stereocenters. The fourth-order valence-electron chi connectivity index (χ4n) is 1.57. The van der Waals surface area contributed by atoms with E-state index in [9.17, 15) is 0 Å². The first-order valence-electron chi connectivity index (χ1n) is 5.73.